The molecule has 0 aliphatic heterocycles. The molecule has 0 radical (unpaired) electrons. The molecule has 1 atom stereocenters. The number of benzene rings is 2. The third-order valence-corrected chi connectivity index (χ3v) is 4.74. The second kappa shape index (κ2) is 7.72. The summed E-state index contributed by atoms with van der Waals surface area (Å²) in [4.78, 5) is 1.35. The second-order valence-corrected chi connectivity index (χ2v) is 6.24. The summed E-state index contributed by atoms with van der Waals surface area (Å²) in [6.07, 6.45) is 0. The molecule has 0 aliphatic rings. The molecule has 106 valence electrons. The predicted molar refractivity (Wildman–Crippen MR) is 89.8 cm³/mol. The number of nitrogens with one attached hydrogen (secondary N) is 1. The van der Waals surface area contributed by atoms with E-state index >= 15 is 0 Å². The third kappa shape index (κ3) is 4.27. The van der Waals surface area contributed by atoms with Gasteiger partial charge in [-0.2, -0.15) is 0 Å². The maximum atomic E-state index is 5.96. The van der Waals surface area contributed by atoms with Crippen molar-refractivity contribution in [2.75, 3.05) is 12.3 Å². The number of hydrogen-bond donors (Lipinski definition) is 1. The van der Waals surface area contributed by atoms with Gasteiger partial charge in [-0.1, -0.05) is 48.9 Å². The topological polar surface area (TPSA) is 12.0 Å². The Hall–Kier alpha value is -0.960. The molecular weight excluding hydrogens is 286 g/mol. The fourth-order valence-electron chi connectivity index (χ4n) is 2.11. The summed E-state index contributed by atoms with van der Waals surface area (Å²) >= 11 is 7.86. The molecule has 2 aromatic rings. The predicted octanol–water partition coefficient (Wildman–Crippen LogP) is 5.09. The smallest absolute Gasteiger partial charge is 0.0415 e. The fraction of sp³-hybridized carbons (Fsp3) is 0.294. The summed E-state index contributed by atoms with van der Waals surface area (Å²) in [5.41, 5.74) is 2.63. The molecule has 2 aromatic carbocycles. The van der Waals surface area contributed by atoms with Crippen LogP contribution in [0, 0.1) is 6.92 Å². The van der Waals surface area contributed by atoms with Crippen LogP contribution in [-0.4, -0.2) is 12.3 Å². The van der Waals surface area contributed by atoms with E-state index < -0.39 is 0 Å². The monoisotopic (exact) mass is 305 g/mol. The number of thioether (sulfide) groups is 1. The highest BCUT2D eigenvalue weighted by molar-refractivity contribution is 7.99. The van der Waals surface area contributed by atoms with Crippen molar-refractivity contribution < 1.29 is 0 Å². The van der Waals surface area contributed by atoms with Crippen molar-refractivity contribution in [3.63, 3.8) is 0 Å². The molecule has 0 spiro atoms. The largest absolute Gasteiger partial charge is 0.309 e. The lowest BCUT2D eigenvalue weighted by Gasteiger charge is -2.18. The van der Waals surface area contributed by atoms with Gasteiger partial charge >= 0.3 is 0 Å². The number of halogens is 1. The van der Waals surface area contributed by atoms with Crippen molar-refractivity contribution in [1.82, 2.24) is 5.32 Å². The molecule has 0 fully saturated rings. The van der Waals surface area contributed by atoms with Crippen LogP contribution in [0.5, 0.6) is 0 Å². The molecule has 0 saturated heterocycles. The molecule has 1 nitrogen and oxygen atoms in total. The lowest BCUT2D eigenvalue weighted by atomic mass is 10.1. The highest BCUT2D eigenvalue weighted by Gasteiger charge is 2.11. The van der Waals surface area contributed by atoms with Crippen molar-refractivity contribution in [3.05, 3.63) is 64.7 Å². The minimum atomic E-state index is 0.349. The molecule has 0 aromatic heterocycles. The summed E-state index contributed by atoms with van der Waals surface area (Å²) < 4.78 is 0. The maximum absolute atomic E-state index is 5.96. The molecule has 0 bridgehead atoms. The first-order chi connectivity index (χ1) is 9.70. The number of hydrogen-bond acceptors (Lipinski definition) is 2. The lowest BCUT2D eigenvalue weighted by molar-refractivity contribution is 0.606. The molecule has 0 aliphatic carbocycles. The molecular formula is C17H20ClNS. The van der Waals surface area contributed by atoms with Crippen molar-refractivity contribution >= 4 is 23.4 Å². The zero-order valence-electron chi connectivity index (χ0n) is 11.9. The molecule has 2 rings (SSSR count). The first-order valence-electron chi connectivity index (χ1n) is 6.88. The fourth-order valence-corrected chi connectivity index (χ4v) is 3.36. The van der Waals surface area contributed by atoms with Crippen molar-refractivity contribution in [3.8, 4) is 0 Å². The highest BCUT2D eigenvalue weighted by Crippen LogP contribution is 2.27. The van der Waals surface area contributed by atoms with Gasteiger partial charge in [-0.15, -0.1) is 11.8 Å². The van der Waals surface area contributed by atoms with Crippen LogP contribution in [0.2, 0.25) is 5.02 Å². The van der Waals surface area contributed by atoms with Crippen LogP contribution >= 0.6 is 23.4 Å². The average Bonchev–Trinajstić information content (AvgIpc) is 2.46. The van der Waals surface area contributed by atoms with Gasteiger partial charge < -0.3 is 5.32 Å². The number of rotatable bonds is 6. The Bertz CT molecular complexity index is 539. The third-order valence-electron chi connectivity index (χ3n) is 3.22. The van der Waals surface area contributed by atoms with E-state index in [0.29, 0.717) is 6.04 Å². The van der Waals surface area contributed by atoms with Gasteiger partial charge in [-0.3, -0.25) is 0 Å². The molecule has 0 amide bonds. The molecule has 0 saturated carbocycles. The van der Waals surface area contributed by atoms with Crippen LogP contribution in [0.3, 0.4) is 0 Å². The molecule has 20 heavy (non-hydrogen) atoms. The van der Waals surface area contributed by atoms with Crippen LogP contribution < -0.4 is 5.32 Å². The van der Waals surface area contributed by atoms with Gasteiger partial charge in [0.05, 0.1) is 0 Å². The van der Waals surface area contributed by atoms with Gasteiger partial charge in [0.1, 0.15) is 0 Å². The first-order valence-corrected chi connectivity index (χ1v) is 8.24. The van der Waals surface area contributed by atoms with E-state index in [4.69, 9.17) is 11.6 Å². The Morgan fingerprint density at radius 2 is 1.80 bits per heavy atom. The summed E-state index contributed by atoms with van der Waals surface area (Å²) in [5, 5.41) is 4.33. The van der Waals surface area contributed by atoms with E-state index in [1.54, 1.807) is 0 Å². The Morgan fingerprint density at radius 3 is 2.45 bits per heavy atom. The summed E-state index contributed by atoms with van der Waals surface area (Å²) in [5.74, 6) is 1.01. The van der Waals surface area contributed by atoms with Gasteiger partial charge in [0.2, 0.25) is 0 Å². The zero-order chi connectivity index (χ0) is 14.4. The van der Waals surface area contributed by atoms with E-state index in [-0.39, 0.29) is 0 Å². The van der Waals surface area contributed by atoms with Gasteiger partial charge in [0, 0.05) is 21.7 Å². The minimum Gasteiger partial charge on any atom is -0.309 e. The van der Waals surface area contributed by atoms with Crippen LogP contribution in [0.15, 0.2) is 53.4 Å². The average molecular weight is 306 g/mol. The summed E-state index contributed by atoms with van der Waals surface area (Å²) in [6.45, 7) is 5.26. The van der Waals surface area contributed by atoms with Crippen LogP contribution in [0.25, 0.3) is 0 Å². The van der Waals surface area contributed by atoms with Gasteiger partial charge in [-0.25, -0.2) is 0 Å². The van der Waals surface area contributed by atoms with E-state index in [0.717, 1.165) is 17.3 Å². The van der Waals surface area contributed by atoms with E-state index in [2.05, 4.69) is 55.6 Å². The highest BCUT2D eigenvalue weighted by atomic mass is 35.5. The minimum absolute atomic E-state index is 0.349. The number of aryl methyl sites for hydroxylation is 1. The van der Waals surface area contributed by atoms with Crippen molar-refractivity contribution in [2.24, 2.45) is 0 Å². The standard InChI is InChI=1S/C17H20ClNS/c1-3-19-16(14-8-10-15(18)11-9-14)12-20-17-7-5-4-6-13(17)2/h4-11,16,19H,3,12H2,1-2H3. The maximum Gasteiger partial charge on any atom is 0.0415 e. The molecule has 3 heteroatoms. The van der Waals surface area contributed by atoms with Crippen molar-refractivity contribution in [1.29, 1.82) is 0 Å². The van der Waals surface area contributed by atoms with E-state index in [1.165, 1.54) is 16.0 Å². The Balaban J connectivity index is 2.06. The Morgan fingerprint density at radius 1 is 1.10 bits per heavy atom. The van der Waals surface area contributed by atoms with Gasteiger partial charge in [0.25, 0.3) is 0 Å². The van der Waals surface area contributed by atoms with Crippen molar-refractivity contribution in [2.45, 2.75) is 24.8 Å². The van der Waals surface area contributed by atoms with E-state index in [1.807, 2.05) is 23.9 Å². The normalized spacial score (nSPS) is 12.3. The molecule has 1 N–H and O–H groups in total. The van der Waals surface area contributed by atoms with Crippen LogP contribution in [0.4, 0.5) is 0 Å². The SMILES string of the molecule is CCNC(CSc1ccccc1C)c1ccc(Cl)cc1. The van der Waals surface area contributed by atoms with Crippen LogP contribution in [0.1, 0.15) is 24.1 Å². The van der Waals surface area contributed by atoms with E-state index in [9.17, 15) is 0 Å². The molecule has 1 unspecified atom stereocenters. The van der Waals surface area contributed by atoms with Crippen LogP contribution in [-0.2, 0) is 0 Å². The quantitative estimate of drug-likeness (QED) is 0.746. The lowest BCUT2D eigenvalue weighted by Crippen LogP contribution is -2.22. The zero-order valence-corrected chi connectivity index (χ0v) is 13.5. The molecule has 0 heterocycles. The second-order valence-electron chi connectivity index (χ2n) is 4.74. The Labute approximate surface area is 130 Å². The van der Waals surface area contributed by atoms with Gasteiger partial charge in [0.15, 0.2) is 0 Å². The first kappa shape index (κ1) is 15.4. The Kier molecular flexibility index (Phi) is 5.96. The summed E-state index contributed by atoms with van der Waals surface area (Å²) in [6, 6.07) is 17.0. The summed E-state index contributed by atoms with van der Waals surface area (Å²) in [7, 11) is 0. The van der Waals surface area contributed by atoms with Gasteiger partial charge in [-0.05, 0) is 42.8 Å².